The van der Waals surface area contributed by atoms with Crippen molar-refractivity contribution in [2.24, 2.45) is 0 Å². The van der Waals surface area contributed by atoms with E-state index in [9.17, 15) is 4.79 Å². The zero-order valence-corrected chi connectivity index (χ0v) is 13.7. The summed E-state index contributed by atoms with van der Waals surface area (Å²) >= 11 is 1.32. The number of anilines is 2. The van der Waals surface area contributed by atoms with Gasteiger partial charge in [-0.05, 0) is 32.0 Å². The quantitative estimate of drug-likeness (QED) is 0.868. The number of piperidine rings is 1. The Hall–Kier alpha value is -2.13. The average Bonchev–Trinajstić information content (AvgIpc) is 3.08. The van der Waals surface area contributed by atoms with Crippen molar-refractivity contribution in [3.63, 3.8) is 0 Å². The number of rotatable bonds is 5. The summed E-state index contributed by atoms with van der Waals surface area (Å²) in [6.07, 6.45) is 3.82. The van der Waals surface area contributed by atoms with Crippen molar-refractivity contribution in [1.82, 2.24) is 25.3 Å². The highest BCUT2D eigenvalue weighted by Gasteiger charge is 2.25. The SMILES string of the molecule is CN(CC(=O)Nc1nncs1)[C@H]1CCCN(c2cccnn2)C1. The van der Waals surface area contributed by atoms with Gasteiger partial charge in [0.05, 0.1) is 6.54 Å². The number of nitrogens with zero attached hydrogens (tertiary/aromatic N) is 6. The standard InChI is InChI=1S/C14H19N7OS/c1-20(9-13(22)17-14-19-16-10-23-14)11-4-3-7-21(8-11)12-5-2-6-15-18-12/h2,5-6,10-11H,3-4,7-9H2,1H3,(H,17,19,22)/t11-/m0/s1. The number of hydrogen-bond donors (Lipinski definition) is 1. The second-order valence-electron chi connectivity index (χ2n) is 5.53. The molecular formula is C14H19N7OS. The zero-order valence-electron chi connectivity index (χ0n) is 12.9. The van der Waals surface area contributed by atoms with Crippen molar-refractivity contribution in [2.75, 3.05) is 36.9 Å². The maximum absolute atomic E-state index is 12.1. The minimum atomic E-state index is -0.0686. The fourth-order valence-electron chi connectivity index (χ4n) is 2.73. The van der Waals surface area contributed by atoms with Gasteiger partial charge in [-0.2, -0.15) is 5.10 Å². The van der Waals surface area contributed by atoms with Crippen LogP contribution < -0.4 is 10.2 Å². The molecule has 0 radical (unpaired) electrons. The Balaban J connectivity index is 1.54. The zero-order chi connectivity index (χ0) is 16.1. The minimum absolute atomic E-state index is 0.0686. The van der Waals surface area contributed by atoms with Crippen molar-refractivity contribution in [1.29, 1.82) is 0 Å². The molecule has 3 heterocycles. The molecule has 1 saturated heterocycles. The molecule has 23 heavy (non-hydrogen) atoms. The molecule has 1 amide bonds. The van der Waals surface area contributed by atoms with Gasteiger partial charge in [-0.25, -0.2) is 0 Å². The molecule has 0 bridgehead atoms. The number of amides is 1. The summed E-state index contributed by atoms with van der Waals surface area (Å²) in [4.78, 5) is 16.4. The molecule has 1 aliphatic rings. The van der Waals surface area contributed by atoms with E-state index in [0.717, 1.165) is 31.7 Å². The van der Waals surface area contributed by atoms with E-state index in [-0.39, 0.29) is 5.91 Å². The number of nitrogens with one attached hydrogen (secondary N) is 1. The fraction of sp³-hybridized carbons (Fsp3) is 0.500. The summed E-state index contributed by atoms with van der Waals surface area (Å²) in [6, 6.07) is 4.17. The van der Waals surface area contributed by atoms with Crippen LogP contribution in [0.3, 0.4) is 0 Å². The predicted molar refractivity (Wildman–Crippen MR) is 88.4 cm³/mol. The van der Waals surface area contributed by atoms with E-state index < -0.39 is 0 Å². The molecule has 1 N–H and O–H groups in total. The van der Waals surface area contributed by atoms with Crippen LogP contribution in [0.2, 0.25) is 0 Å². The van der Waals surface area contributed by atoms with Gasteiger partial charge in [-0.1, -0.05) is 11.3 Å². The number of likely N-dealkylation sites (N-methyl/N-ethyl adjacent to an activating group) is 1. The smallest absolute Gasteiger partial charge is 0.240 e. The molecule has 3 rings (SSSR count). The summed E-state index contributed by atoms with van der Waals surface area (Å²) in [5, 5.41) is 18.9. The fourth-order valence-corrected chi connectivity index (χ4v) is 3.19. The molecule has 1 atom stereocenters. The Labute approximate surface area is 138 Å². The largest absolute Gasteiger partial charge is 0.354 e. The topological polar surface area (TPSA) is 87.1 Å². The first kappa shape index (κ1) is 15.8. The molecule has 9 heteroatoms. The minimum Gasteiger partial charge on any atom is -0.354 e. The van der Waals surface area contributed by atoms with Gasteiger partial charge in [-0.15, -0.1) is 15.3 Å². The summed E-state index contributed by atoms with van der Waals surface area (Å²) in [5.74, 6) is 0.824. The molecule has 8 nitrogen and oxygen atoms in total. The van der Waals surface area contributed by atoms with E-state index in [4.69, 9.17) is 0 Å². The third-order valence-corrected chi connectivity index (χ3v) is 4.51. The number of aromatic nitrogens is 4. The van der Waals surface area contributed by atoms with Crippen molar-refractivity contribution in [2.45, 2.75) is 18.9 Å². The first-order chi connectivity index (χ1) is 11.2. The van der Waals surface area contributed by atoms with Gasteiger partial charge in [0.15, 0.2) is 5.82 Å². The van der Waals surface area contributed by atoms with E-state index in [1.54, 1.807) is 11.7 Å². The molecule has 0 aliphatic carbocycles. The van der Waals surface area contributed by atoms with Gasteiger partial charge in [0.25, 0.3) is 0 Å². The van der Waals surface area contributed by atoms with Gasteiger partial charge in [-0.3, -0.25) is 15.0 Å². The summed E-state index contributed by atoms with van der Waals surface area (Å²) in [7, 11) is 1.98. The molecule has 0 spiro atoms. The van der Waals surface area contributed by atoms with Crippen LogP contribution in [0, 0.1) is 0 Å². The molecule has 122 valence electrons. The van der Waals surface area contributed by atoms with E-state index in [2.05, 4.69) is 35.5 Å². The van der Waals surface area contributed by atoms with Crippen LogP contribution in [0.15, 0.2) is 23.8 Å². The average molecular weight is 333 g/mol. The van der Waals surface area contributed by atoms with Crippen molar-refractivity contribution < 1.29 is 4.79 Å². The summed E-state index contributed by atoms with van der Waals surface area (Å²) in [5.41, 5.74) is 1.60. The summed E-state index contributed by atoms with van der Waals surface area (Å²) in [6.45, 7) is 2.15. The van der Waals surface area contributed by atoms with Gasteiger partial charge in [0, 0.05) is 25.3 Å². The van der Waals surface area contributed by atoms with Crippen LogP contribution in [0.25, 0.3) is 0 Å². The highest BCUT2D eigenvalue weighted by atomic mass is 32.1. The van der Waals surface area contributed by atoms with E-state index in [1.807, 2.05) is 19.2 Å². The molecule has 1 fully saturated rings. The van der Waals surface area contributed by atoms with Gasteiger partial charge < -0.3 is 4.90 Å². The van der Waals surface area contributed by atoms with Gasteiger partial charge in [0.1, 0.15) is 5.51 Å². The van der Waals surface area contributed by atoms with Gasteiger partial charge >= 0.3 is 0 Å². The van der Waals surface area contributed by atoms with Crippen molar-refractivity contribution in [3.05, 3.63) is 23.8 Å². The Bertz CT molecular complexity index is 621. The maximum atomic E-state index is 12.1. The van der Waals surface area contributed by atoms with E-state index >= 15 is 0 Å². The van der Waals surface area contributed by atoms with Crippen LogP contribution in [0.5, 0.6) is 0 Å². The van der Waals surface area contributed by atoms with Crippen LogP contribution >= 0.6 is 11.3 Å². The maximum Gasteiger partial charge on any atom is 0.240 e. The Morgan fingerprint density at radius 2 is 2.39 bits per heavy atom. The predicted octanol–water partition coefficient (Wildman–Crippen LogP) is 0.867. The van der Waals surface area contributed by atoms with E-state index in [0.29, 0.717) is 17.7 Å². The lowest BCUT2D eigenvalue weighted by Crippen LogP contribution is -2.48. The normalized spacial score (nSPS) is 18.2. The lowest BCUT2D eigenvalue weighted by atomic mass is 10.0. The molecular weight excluding hydrogens is 314 g/mol. The highest BCUT2D eigenvalue weighted by molar-refractivity contribution is 7.13. The Morgan fingerprint density at radius 1 is 1.48 bits per heavy atom. The summed E-state index contributed by atoms with van der Waals surface area (Å²) < 4.78 is 0. The lowest BCUT2D eigenvalue weighted by Gasteiger charge is -2.37. The highest BCUT2D eigenvalue weighted by Crippen LogP contribution is 2.19. The van der Waals surface area contributed by atoms with Crippen molar-refractivity contribution >= 4 is 28.2 Å². The second kappa shape index (κ2) is 7.42. The van der Waals surface area contributed by atoms with Crippen LogP contribution in [0.1, 0.15) is 12.8 Å². The first-order valence-electron chi connectivity index (χ1n) is 7.51. The van der Waals surface area contributed by atoms with E-state index in [1.165, 1.54) is 11.3 Å². The third-order valence-electron chi connectivity index (χ3n) is 3.90. The van der Waals surface area contributed by atoms with Crippen LogP contribution in [0.4, 0.5) is 10.9 Å². The molecule has 2 aromatic rings. The monoisotopic (exact) mass is 333 g/mol. The molecule has 0 saturated carbocycles. The first-order valence-corrected chi connectivity index (χ1v) is 8.39. The second-order valence-corrected chi connectivity index (χ2v) is 6.36. The third kappa shape index (κ3) is 4.20. The van der Waals surface area contributed by atoms with Crippen molar-refractivity contribution in [3.8, 4) is 0 Å². The number of hydrogen-bond acceptors (Lipinski definition) is 8. The molecule has 2 aromatic heterocycles. The molecule has 1 aliphatic heterocycles. The van der Waals surface area contributed by atoms with Crippen LogP contribution in [-0.2, 0) is 4.79 Å². The molecule has 0 aromatic carbocycles. The number of carbonyl (C=O) groups is 1. The number of carbonyl (C=O) groups excluding carboxylic acids is 1. The Morgan fingerprint density at radius 3 is 3.13 bits per heavy atom. The van der Waals surface area contributed by atoms with Gasteiger partial charge in [0.2, 0.25) is 11.0 Å². The van der Waals surface area contributed by atoms with Crippen LogP contribution in [-0.4, -0.2) is 63.9 Å². The lowest BCUT2D eigenvalue weighted by molar-refractivity contribution is -0.117. The molecule has 0 unspecified atom stereocenters. The Kier molecular flexibility index (Phi) is 5.09.